The minimum atomic E-state index is -0.112. The molecule has 0 saturated carbocycles. The van der Waals surface area contributed by atoms with Crippen molar-refractivity contribution >= 4 is 122 Å². The zero-order valence-corrected chi connectivity index (χ0v) is 44.3. The number of fused-ring (bicyclic) bond motifs is 16. The molecule has 0 spiro atoms. The molecule has 2 aliphatic heterocycles. The van der Waals surface area contributed by atoms with Crippen LogP contribution in [0.2, 0.25) is 0 Å². The van der Waals surface area contributed by atoms with Crippen molar-refractivity contribution < 1.29 is 0 Å². The van der Waals surface area contributed by atoms with Crippen molar-refractivity contribution in [2.24, 2.45) is 0 Å². The van der Waals surface area contributed by atoms with Gasteiger partial charge in [0.15, 0.2) is 0 Å². The minimum absolute atomic E-state index is 0.112. The molecule has 0 aromatic heterocycles. The van der Waals surface area contributed by atoms with Gasteiger partial charge >= 0.3 is 0 Å². The van der Waals surface area contributed by atoms with Gasteiger partial charge in [-0.25, -0.2) is 0 Å². The molecule has 2 nitrogen and oxygen atoms in total. The Bertz CT molecular complexity index is 4630. The van der Waals surface area contributed by atoms with E-state index in [1.165, 1.54) is 148 Å². The Kier molecular flexibility index (Phi) is 10.1. The monoisotopic (exact) mass is 1020 g/mol. The fraction of sp³-hybridized carbons (Fsp3) is 0. The molecule has 3 heteroatoms. The second-order valence-corrected chi connectivity index (χ2v) is 21.9. The number of nitrogens with zero attached hydrogens (tertiary/aromatic N) is 2. The highest BCUT2D eigenvalue weighted by molar-refractivity contribution is 7.00. The highest BCUT2D eigenvalue weighted by atomic mass is 15.2. The topological polar surface area (TPSA) is 6.48 Å². The third-order valence-corrected chi connectivity index (χ3v) is 17.5. The number of rotatable bonds is 6. The van der Waals surface area contributed by atoms with Gasteiger partial charge in [-0.05, 0) is 163 Å². The second-order valence-electron chi connectivity index (χ2n) is 21.9. The first-order valence-electron chi connectivity index (χ1n) is 28.2. The molecule has 15 aromatic rings. The average Bonchev–Trinajstić information content (AvgIpc) is 3.39. The van der Waals surface area contributed by atoms with Gasteiger partial charge in [0.25, 0.3) is 6.71 Å². The molecule has 0 amide bonds. The third kappa shape index (κ3) is 7.09. The van der Waals surface area contributed by atoms with E-state index in [1.54, 1.807) is 0 Å². The predicted octanol–water partition coefficient (Wildman–Crippen LogP) is 19.4. The molecule has 0 unspecified atom stereocenters. The summed E-state index contributed by atoms with van der Waals surface area (Å²) >= 11 is 0. The van der Waals surface area contributed by atoms with Gasteiger partial charge in [-0.2, -0.15) is 0 Å². The third-order valence-electron chi connectivity index (χ3n) is 17.5. The van der Waals surface area contributed by atoms with Crippen molar-refractivity contribution in [3.05, 3.63) is 297 Å². The van der Waals surface area contributed by atoms with Gasteiger partial charge in [0, 0.05) is 44.9 Å². The summed E-state index contributed by atoms with van der Waals surface area (Å²) in [5.41, 5.74) is 20.2. The molecule has 2 aliphatic rings. The smallest absolute Gasteiger partial charge is 0.252 e. The van der Waals surface area contributed by atoms with Gasteiger partial charge in [0.05, 0.1) is 0 Å². The highest BCUT2D eigenvalue weighted by Crippen LogP contribution is 2.51. The maximum atomic E-state index is 2.62. The van der Waals surface area contributed by atoms with Crippen molar-refractivity contribution in [3.8, 4) is 44.5 Å². The van der Waals surface area contributed by atoms with Crippen LogP contribution < -0.4 is 26.2 Å². The zero-order valence-electron chi connectivity index (χ0n) is 44.3. The van der Waals surface area contributed by atoms with E-state index in [4.69, 9.17) is 0 Å². The van der Waals surface area contributed by atoms with Crippen molar-refractivity contribution in [3.63, 3.8) is 0 Å². The van der Waals surface area contributed by atoms with E-state index in [9.17, 15) is 0 Å². The first-order chi connectivity index (χ1) is 40.2. The van der Waals surface area contributed by atoms with Crippen LogP contribution in [-0.2, 0) is 0 Å². The van der Waals surface area contributed by atoms with Crippen LogP contribution in [0, 0.1) is 0 Å². The summed E-state index contributed by atoms with van der Waals surface area (Å²) in [7, 11) is 0. The summed E-state index contributed by atoms with van der Waals surface area (Å²) in [5, 5.41) is 15.0. The van der Waals surface area contributed by atoms with Crippen molar-refractivity contribution in [2.75, 3.05) is 9.80 Å². The van der Waals surface area contributed by atoms with Crippen LogP contribution in [0.3, 0.4) is 0 Å². The quantitative estimate of drug-likeness (QED) is 0.121. The first-order valence-corrected chi connectivity index (χ1v) is 28.2. The predicted molar refractivity (Wildman–Crippen MR) is 347 cm³/mol. The Morgan fingerprint density at radius 1 is 0.210 bits per heavy atom. The molecule has 374 valence electrons. The van der Waals surface area contributed by atoms with Crippen molar-refractivity contribution in [1.82, 2.24) is 0 Å². The van der Waals surface area contributed by atoms with Gasteiger partial charge < -0.3 is 9.80 Å². The minimum Gasteiger partial charge on any atom is -0.311 e. The normalized spacial score (nSPS) is 12.6. The molecule has 0 saturated heterocycles. The molecular formula is C78H49BN2. The second kappa shape index (κ2) is 18.0. The van der Waals surface area contributed by atoms with Crippen LogP contribution in [0.1, 0.15) is 0 Å². The molecule has 15 aromatic carbocycles. The van der Waals surface area contributed by atoms with Crippen LogP contribution in [0.25, 0.3) is 109 Å². The lowest BCUT2D eigenvalue weighted by atomic mass is 9.33. The van der Waals surface area contributed by atoms with Crippen LogP contribution in [0.5, 0.6) is 0 Å². The van der Waals surface area contributed by atoms with Crippen molar-refractivity contribution in [1.29, 1.82) is 0 Å². The van der Waals surface area contributed by atoms with Crippen LogP contribution in [0.15, 0.2) is 297 Å². The molecule has 81 heavy (non-hydrogen) atoms. The molecule has 0 fully saturated rings. The summed E-state index contributed by atoms with van der Waals surface area (Å²) < 4.78 is 0. The van der Waals surface area contributed by atoms with E-state index in [2.05, 4.69) is 307 Å². The summed E-state index contributed by atoms with van der Waals surface area (Å²) in [6.45, 7) is -0.112. The van der Waals surface area contributed by atoms with E-state index in [0.717, 1.165) is 11.4 Å². The zero-order chi connectivity index (χ0) is 53.1. The molecule has 0 bridgehead atoms. The standard InChI is InChI=1S/C78H49BN2/c1-5-18-50(19-6-1)56-44-57(51-20-7-2-8-21-51)47-60(46-56)80-74-30-17-31-75-76(74)79(72-42-40-68-66-34-32-54-26-13-15-28-62(54)64(66)36-38-70(68)77(72)80)73-43-41-69-67-35-33-55-27-14-16-29-63(55)65(67)37-39-71(69)78(73)81(75)61-48-58(52-22-9-3-10-23-52)45-59(49-61)53-24-11-4-12-25-53/h1-49H. The number of hydrogen-bond acceptors (Lipinski definition) is 2. The lowest BCUT2D eigenvalue weighted by Gasteiger charge is -2.45. The lowest BCUT2D eigenvalue weighted by molar-refractivity contribution is 1.27. The van der Waals surface area contributed by atoms with E-state index in [0.29, 0.717) is 0 Å². The Balaban J connectivity index is 1.00. The lowest BCUT2D eigenvalue weighted by Crippen LogP contribution is -2.61. The average molecular weight is 1030 g/mol. The molecule has 0 aliphatic carbocycles. The van der Waals surface area contributed by atoms with Gasteiger partial charge in [-0.3, -0.25) is 0 Å². The maximum Gasteiger partial charge on any atom is 0.252 e. The number of anilines is 6. The van der Waals surface area contributed by atoms with E-state index < -0.39 is 0 Å². The fourth-order valence-corrected chi connectivity index (χ4v) is 13.9. The van der Waals surface area contributed by atoms with E-state index in [-0.39, 0.29) is 6.71 Å². The molecule has 0 atom stereocenters. The maximum absolute atomic E-state index is 2.62. The van der Waals surface area contributed by atoms with Crippen LogP contribution in [0.4, 0.5) is 34.1 Å². The van der Waals surface area contributed by atoms with E-state index in [1.807, 2.05) is 0 Å². The number of benzene rings is 15. The molecule has 0 N–H and O–H groups in total. The van der Waals surface area contributed by atoms with Gasteiger partial charge in [-0.1, -0.05) is 249 Å². The fourth-order valence-electron chi connectivity index (χ4n) is 13.9. The Morgan fingerprint density at radius 3 is 0.914 bits per heavy atom. The number of hydrogen-bond donors (Lipinski definition) is 0. The van der Waals surface area contributed by atoms with Gasteiger partial charge in [-0.15, -0.1) is 0 Å². The van der Waals surface area contributed by atoms with Crippen molar-refractivity contribution in [2.45, 2.75) is 0 Å². The van der Waals surface area contributed by atoms with Gasteiger partial charge in [0.1, 0.15) is 0 Å². The Morgan fingerprint density at radius 2 is 0.519 bits per heavy atom. The molecule has 17 rings (SSSR count). The van der Waals surface area contributed by atoms with Gasteiger partial charge in [0.2, 0.25) is 0 Å². The summed E-state index contributed by atoms with van der Waals surface area (Å²) in [6, 6.07) is 111. The Labute approximate surface area is 470 Å². The molecular weight excluding hydrogens is 976 g/mol. The summed E-state index contributed by atoms with van der Waals surface area (Å²) in [5.74, 6) is 0. The van der Waals surface area contributed by atoms with Crippen LogP contribution >= 0.6 is 0 Å². The van der Waals surface area contributed by atoms with E-state index >= 15 is 0 Å². The summed E-state index contributed by atoms with van der Waals surface area (Å²) in [4.78, 5) is 5.24. The first kappa shape index (κ1) is 45.5. The largest absolute Gasteiger partial charge is 0.311 e. The van der Waals surface area contributed by atoms with Crippen LogP contribution in [-0.4, -0.2) is 6.71 Å². The highest BCUT2D eigenvalue weighted by Gasteiger charge is 2.45. The molecule has 2 heterocycles. The Hall–Kier alpha value is -10.5. The SMILES string of the molecule is c1ccc(-c2cc(-c3ccccc3)cc(N3c4cccc5c4B(c4ccc6c(ccc7c8ccccc8ccc67)c43)c3ccc4c(ccc6c7ccccc7ccc46)c3N5c3cc(-c4ccccc4)cc(-c4ccccc4)c3)c2)cc1. The summed E-state index contributed by atoms with van der Waals surface area (Å²) in [6.07, 6.45) is 0. The molecule has 0 radical (unpaired) electrons.